The molecule has 1 fully saturated rings. The summed E-state index contributed by atoms with van der Waals surface area (Å²) in [4.78, 5) is 19.4. The zero-order valence-electron chi connectivity index (χ0n) is 12.9. The van der Waals surface area contributed by atoms with Crippen LogP contribution in [0.5, 0.6) is 0 Å². The molecule has 2 N–H and O–H groups in total. The number of anilines is 1. The molecule has 1 aliphatic heterocycles. The number of rotatable bonds is 1. The minimum absolute atomic E-state index is 0.103. The summed E-state index contributed by atoms with van der Waals surface area (Å²) in [7, 11) is 0. The highest BCUT2D eigenvalue weighted by Crippen LogP contribution is 2.34. The quantitative estimate of drug-likeness (QED) is 0.864. The summed E-state index contributed by atoms with van der Waals surface area (Å²) in [6.45, 7) is 10.4. The zero-order valence-corrected chi connectivity index (χ0v) is 13.7. The molecule has 0 bridgehead atoms. The Kier molecular flexibility index (Phi) is 4.37. The minimum atomic E-state index is 0.103. The Balaban J connectivity index is 2.07. The lowest BCUT2D eigenvalue weighted by Gasteiger charge is -2.29. The molecule has 0 spiro atoms. The van der Waals surface area contributed by atoms with Gasteiger partial charge in [-0.3, -0.25) is 4.79 Å². The normalized spacial score (nSPS) is 20.8. The first-order chi connectivity index (χ1) is 9.29. The maximum absolute atomic E-state index is 12.6. The Bertz CT molecular complexity index is 490. The number of aromatic nitrogens is 1. The van der Waals surface area contributed by atoms with E-state index in [1.165, 1.54) is 17.8 Å². The zero-order chi connectivity index (χ0) is 14.9. The largest absolute Gasteiger partial charge is 0.375 e. The monoisotopic (exact) mass is 295 g/mol. The number of carbonyl (C=O) groups is 1. The van der Waals surface area contributed by atoms with Crippen LogP contribution in [0.3, 0.4) is 0 Å². The average molecular weight is 295 g/mol. The topological polar surface area (TPSA) is 59.2 Å². The number of hydrogen-bond donors (Lipinski definition) is 1. The molecule has 1 unspecified atom stereocenters. The summed E-state index contributed by atoms with van der Waals surface area (Å²) in [5, 5.41) is 0.480. The third-order valence-electron chi connectivity index (χ3n) is 4.25. The summed E-state index contributed by atoms with van der Waals surface area (Å²) >= 11 is 1.30. The van der Waals surface area contributed by atoms with Gasteiger partial charge >= 0.3 is 0 Å². The van der Waals surface area contributed by atoms with E-state index in [9.17, 15) is 4.79 Å². The number of nitrogen functional groups attached to an aromatic ring is 1. The molecule has 1 amide bonds. The molecule has 4 nitrogen and oxygen atoms in total. The number of hydrogen-bond acceptors (Lipinski definition) is 4. The predicted octanol–water partition coefficient (Wildman–Crippen LogP) is 3.32. The van der Waals surface area contributed by atoms with Crippen LogP contribution in [-0.2, 0) is 0 Å². The van der Waals surface area contributed by atoms with Crippen LogP contribution in [0.2, 0.25) is 0 Å². The number of aryl methyl sites for hydroxylation is 1. The molecule has 0 saturated carbocycles. The van der Waals surface area contributed by atoms with Gasteiger partial charge in [-0.25, -0.2) is 4.98 Å². The van der Waals surface area contributed by atoms with Crippen LogP contribution in [0, 0.1) is 18.3 Å². The van der Waals surface area contributed by atoms with Crippen molar-refractivity contribution in [3.8, 4) is 0 Å². The summed E-state index contributed by atoms with van der Waals surface area (Å²) < 4.78 is 0. The summed E-state index contributed by atoms with van der Waals surface area (Å²) in [5.74, 6) is 0.791. The molecule has 2 rings (SSSR count). The van der Waals surface area contributed by atoms with E-state index in [1.54, 1.807) is 0 Å². The molecule has 20 heavy (non-hydrogen) atoms. The van der Waals surface area contributed by atoms with Crippen molar-refractivity contribution in [2.75, 3.05) is 18.8 Å². The Labute approximate surface area is 125 Å². The van der Waals surface area contributed by atoms with Gasteiger partial charge in [-0.05, 0) is 37.5 Å². The van der Waals surface area contributed by atoms with Crippen LogP contribution in [0.25, 0.3) is 0 Å². The molecule has 2 heterocycles. The molecule has 0 radical (unpaired) electrons. The fourth-order valence-corrected chi connectivity index (χ4v) is 3.73. The Morgan fingerprint density at radius 2 is 2.05 bits per heavy atom. The number of nitrogens with two attached hydrogens (primary N) is 1. The van der Waals surface area contributed by atoms with Crippen LogP contribution in [0.4, 0.5) is 5.13 Å². The van der Waals surface area contributed by atoms with Gasteiger partial charge < -0.3 is 10.6 Å². The standard InChI is InChI=1S/C15H25N3OS/c1-10-12(20-14(16)17-10)13(19)18-8-5-6-11(7-9-18)15(2,3)4/h11H,5-9H2,1-4H3,(H2,16,17). The number of thiazole rings is 1. The lowest BCUT2D eigenvalue weighted by molar-refractivity contribution is 0.0759. The van der Waals surface area contributed by atoms with Crippen LogP contribution in [0.15, 0.2) is 0 Å². The molecule has 1 aliphatic rings. The fourth-order valence-electron chi connectivity index (χ4n) is 2.92. The van der Waals surface area contributed by atoms with E-state index < -0.39 is 0 Å². The van der Waals surface area contributed by atoms with E-state index in [-0.39, 0.29) is 5.91 Å². The van der Waals surface area contributed by atoms with Gasteiger partial charge in [-0.2, -0.15) is 0 Å². The number of carbonyl (C=O) groups excluding carboxylic acids is 1. The van der Waals surface area contributed by atoms with Crippen LogP contribution in [-0.4, -0.2) is 28.9 Å². The molecule has 1 saturated heterocycles. The Morgan fingerprint density at radius 1 is 1.35 bits per heavy atom. The molecule has 1 aromatic heterocycles. The van der Waals surface area contributed by atoms with Crippen molar-refractivity contribution < 1.29 is 4.79 Å². The molecule has 1 aromatic rings. The van der Waals surface area contributed by atoms with Crippen molar-refractivity contribution in [1.82, 2.24) is 9.88 Å². The highest BCUT2D eigenvalue weighted by Gasteiger charge is 2.29. The average Bonchev–Trinajstić information content (AvgIpc) is 2.56. The van der Waals surface area contributed by atoms with E-state index >= 15 is 0 Å². The molecule has 0 aromatic carbocycles. The molecule has 1 atom stereocenters. The SMILES string of the molecule is Cc1nc(N)sc1C(=O)N1CCCC(C(C)(C)C)CC1. The third kappa shape index (κ3) is 3.32. The van der Waals surface area contributed by atoms with Crippen molar-refractivity contribution in [3.63, 3.8) is 0 Å². The lowest BCUT2D eigenvalue weighted by atomic mass is 9.77. The second-order valence-electron chi connectivity index (χ2n) is 6.75. The van der Waals surface area contributed by atoms with Gasteiger partial charge in [0.1, 0.15) is 4.88 Å². The molecule has 0 aliphatic carbocycles. The van der Waals surface area contributed by atoms with E-state index in [0.717, 1.165) is 31.6 Å². The first-order valence-corrected chi connectivity index (χ1v) is 8.13. The fraction of sp³-hybridized carbons (Fsp3) is 0.733. The van der Waals surface area contributed by atoms with E-state index in [0.29, 0.717) is 21.3 Å². The molecule has 112 valence electrons. The van der Waals surface area contributed by atoms with Gasteiger partial charge in [-0.1, -0.05) is 32.1 Å². The highest BCUT2D eigenvalue weighted by atomic mass is 32.1. The minimum Gasteiger partial charge on any atom is -0.375 e. The van der Waals surface area contributed by atoms with Crippen LogP contribution in [0.1, 0.15) is 55.4 Å². The predicted molar refractivity (Wildman–Crippen MR) is 84.0 cm³/mol. The van der Waals surface area contributed by atoms with Gasteiger partial charge in [0.05, 0.1) is 5.69 Å². The lowest BCUT2D eigenvalue weighted by Crippen LogP contribution is -2.32. The van der Waals surface area contributed by atoms with E-state index in [1.807, 2.05) is 11.8 Å². The summed E-state index contributed by atoms with van der Waals surface area (Å²) in [6, 6.07) is 0. The second-order valence-corrected chi connectivity index (χ2v) is 7.78. The number of amides is 1. The maximum Gasteiger partial charge on any atom is 0.265 e. The number of likely N-dealkylation sites (tertiary alicyclic amines) is 1. The van der Waals surface area contributed by atoms with Crippen LogP contribution >= 0.6 is 11.3 Å². The van der Waals surface area contributed by atoms with Crippen LogP contribution < -0.4 is 5.73 Å². The van der Waals surface area contributed by atoms with Crippen molar-refractivity contribution in [1.29, 1.82) is 0 Å². The van der Waals surface area contributed by atoms with Crippen molar-refractivity contribution >= 4 is 22.4 Å². The van der Waals surface area contributed by atoms with Gasteiger partial charge in [0.25, 0.3) is 5.91 Å². The maximum atomic E-state index is 12.6. The Hall–Kier alpha value is -1.10. The molecule has 5 heteroatoms. The van der Waals surface area contributed by atoms with E-state index in [2.05, 4.69) is 25.8 Å². The third-order valence-corrected chi connectivity index (χ3v) is 5.22. The highest BCUT2D eigenvalue weighted by molar-refractivity contribution is 7.17. The van der Waals surface area contributed by atoms with Gasteiger partial charge in [0, 0.05) is 13.1 Å². The van der Waals surface area contributed by atoms with Gasteiger partial charge in [0.15, 0.2) is 5.13 Å². The first kappa shape index (κ1) is 15.3. The first-order valence-electron chi connectivity index (χ1n) is 7.31. The summed E-state index contributed by atoms with van der Waals surface area (Å²) in [5.41, 5.74) is 6.78. The molecular formula is C15H25N3OS. The summed E-state index contributed by atoms with van der Waals surface area (Å²) in [6.07, 6.45) is 3.38. The van der Waals surface area contributed by atoms with Crippen molar-refractivity contribution in [3.05, 3.63) is 10.6 Å². The second kappa shape index (κ2) is 5.72. The Morgan fingerprint density at radius 3 is 2.60 bits per heavy atom. The molecular weight excluding hydrogens is 270 g/mol. The van der Waals surface area contributed by atoms with Gasteiger partial charge in [0.2, 0.25) is 0 Å². The van der Waals surface area contributed by atoms with Crippen molar-refractivity contribution in [2.45, 2.75) is 47.0 Å². The van der Waals surface area contributed by atoms with E-state index in [4.69, 9.17) is 5.73 Å². The number of nitrogens with zero attached hydrogens (tertiary/aromatic N) is 2. The van der Waals surface area contributed by atoms with Crippen molar-refractivity contribution in [2.24, 2.45) is 11.3 Å². The van der Waals surface area contributed by atoms with Gasteiger partial charge in [-0.15, -0.1) is 0 Å². The smallest absolute Gasteiger partial charge is 0.265 e.